The van der Waals surface area contributed by atoms with Crippen molar-refractivity contribution in [2.75, 3.05) is 0 Å². The van der Waals surface area contributed by atoms with Crippen molar-refractivity contribution in [3.63, 3.8) is 0 Å². The Morgan fingerprint density at radius 1 is 0.500 bits per heavy atom. The maximum atomic E-state index is 2.54. The zero-order valence-electron chi connectivity index (χ0n) is 12.1. The summed E-state index contributed by atoms with van der Waals surface area (Å²) in [7, 11) is 0. The summed E-state index contributed by atoms with van der Waals surface area (Å²) in [6.07, 6.45) is 15.8. The summed E-state index contributed by atoms with van der Waals surface area (Å²) in [4.78, 5) is 0. The standard InChI is InChI=1S/C18H30/c1-12-10-17-15-8-4-2-6-13(15)14-7-3-5-9-16(14)18(17)11-12/h12-18H,2-11H2,1H3. The third-order valence-corrected chi connectivity index (χ3v) is 7.30. The molecular weight excluding hydrogens is 216 g/mol. The van der Waals surface area contributed by atoms with Gasteiger partial charge in [-0.1, -0.05) is 32.6 Å². The van der Waals surface area contributed by atoms with Crippen molar-refractivity contribution in [3.8, 4) is 0 Å². The molecule has 4 fully saturated rings. The van der Waals surface area contributed by atoms with Crippen LogP contribution in [-0.2, 0) is 0 Å². The second-order valence-corrected chi connectivity index (χ2v) is 8.13. The van der Waals surface area contributed by atoms with Crippen molar-refractivity contribution < 1.29 is 0 Å². The Bertz CT molecular complexity index is 240. The molecule has 0 amide bonds. The summed E-state index contributed by atoms with van der Waals surface area (Å²) in [5, 5.41) is 0. The first kappa shape index (κ1) is 11.8. The van der Waals surface area contributed by atoms with Crippen LogP contribution in [0.2, 0.25) is 0 Å². The van der Waals surface area contributed by atoms with E-state index in [2.05, 4.69) is 6.92 Å². The van der Waals surface area contributed by atoms with Crippen LogP contribution in [-0.4, -0.2) is 0 Å². The van der Waals surface area contributed by atoms with Crippen LogP contribution in [0.3, 0.4) is 0 Å². The topological polar surface area (TPSA) is 0 Å². The van der Waals surface area contributed by atoms with E-state index in [-0.39, 0.29) is 0 Å². The second-order valence-electron chi connectivity index (χ2n) is 8.13. The first-order valence-corrected chi connectivity index (χ1v) is 8.84. The third-order valence-electron chi connectivity index (χ3n) is 7.30. The van der Waals surface area contributed by atoms with Gasteiger partial charge in [0, 0.05) is 0 Å². The van der Waals surface area contributed by atoms with E-state index in [0.717, 1.165) is 41.4 Å². The lowest BCUT2D eigenvalue weighted by molar-refractivity contribution is -0.0484. The molecule has 0 aromatic carbocycles. The predicted molar refractivity (Wildman–Crippen MR) is 76.3 cm³/mol. The minimum atomic E-state index is 1.04. The molecule has 0 radical (unpaired) electrons. The van der Waals surface area contributed by atoms with Crippen LogP contribution < -0.4 is 0 Å². The molecule has 0 spiro atoms. The Kier molecular flexibility index (Phi) is 2.97. The molecule has 0 bridgehead atoms. The minimum absolute atomic E-state index is 1.04. The lowest BCUT2D eigenvalue weighted by Gasteiger charge is -2.54. The molecule has 0 N–H and O–H groups in total. The Hall–Kier alpha value is 0. The van der Waals surface area contributed by atoms with Crippen molar-refractivity contribution in [1.29, 1.82) is 0 Å². The van der Waals surface area contributed by atoms with Gasteiger partial charge in [-0.25, -0.2) is 0 Å². The Labute approximate surface area is 113 Å². The second kappa shape index (κ2) is 4.53. The first-order valence-electron chi connectivity index (χ1n) is 8.84. The Morgan fingerprint density at radius 2 is 0.833 bits per heavy atom. The van der Waals surface area contributed by atoms with Crippen LogP contribution in [0.1, 0.15) is 71.1 Å². The van der Waals surface area contributed by atoms with Gasteiger partial charge in [0.25, 0.3) is 0 Å². The molecule has 6 unspecified atom stereocenters. The van der Waals surface area contributed by atoms with E-state index in [4.69, 9.17) is 0 Å². The average molecular weight is 246 g/mol. The molecule has 4 aliphatic carbocycles. The number of hydrogen-bond acceptors (Lipinski definition) is 0. The van der Waals surface area contributed by atoms with Crippen molar-refractivity contribution >= 4 is 0 Å². The van der Waals surface area contributed by atoms with Crippen LogP contribution in [0.4, 0.5) is 0 Å². The largest absolute Gasteiger partial charge is 0.0625 e. The monoisotopic (exact) mass is 246 g/mol. The first-order chi connectivity index (χ1) is 8.84. The smallest absolute Gasteiger partial charge is 0.0349 e. The number of rotatable bonds is 0. The Morgan fingerprint density at radius 3 is 1.22 bits per heavy atom. The van der Waals surface area contributed by atoms with Gasteiger partial charge >= 0.3 is 0 Å². The van der Waals surface area contributed by atoms with Gasteiger partial charge in [-0.15, -0.1) is 0 Å². The molecular formula is C18H30. The molecule has 6 atom stereocenters. The number of fused-ring (bicyclic) bond motifs is 6. The highest BCUT2D eigenvalue weighted by Gasteiger charge is 2.53. The van der Waals surface area contributed by atoms with Gasteiger partial charge in [0.15, 0.2) is 0 Å². The van der Waals surface area contributed by atoms with Gasteiger partial charge in [0.05, 0.1) is 0 Å². The van der Waals surface area contributed by atoms with E-state index < -0.39 is 0 Å². The zero-order chi connectivity index (χ0) is 12.1. The summed E-state index contributed by atoms with van der Waals surface area (Å²) in [5.41, 5.74) is 0. The van der Waals surface area contributed by atoms with E-state index in [1.165, 1.54) is 0 Å². The molecule has 0 aromatic rings. The highest BCUT2D eigenvalue weighted by atomic mass is 14.6. The van der Waals surface area contributed by atoms with E-state index in [1.807, 2.05) is 0 Å². The van der Waals surface area contributed by atoms with E-state index in [9.17, 15) is 0 Å². The lowest BCUT2D eigenvalue weighted by Crippen LogP contribution is -2.46. The highest BCUT2D eigenvalue weighted by molar-refractivity contribution is 5.02. The van der Waals surface area contributed by atoms with Gasteiger partial charge < -0.3 is 0 Å². The molecule has 0 saturated heterocycles. The van der Waals surface area contributed by atoms with Crippen LogP contribution in [0.15, 0.2) is 0 Å². The summed E-state index contributed by atoms with van der Waals surface area (Å²) < 4.78 is 0. The fraction of sp³-hybridized carbons (Fsp3) is 1.00. The van der Waals surface area contributed by atoms with Crippen LogP contribution in [0, 0.1) is 41.4 Å². The predicted octanol–water partition coefficient (Wildman–Crippen LogP) is 5.28. The molecule has 0 heteroatoms. The van der Waals surface area contributed by atoms with Crippen molar-refractivity contribution in [3.05, 3.63) is 0 Å². The summed E-state index contributed by atoms with van der Waals surface area (Å²) in [6, 6.07) is 0. The van der Waals surface area contributed by atoms with Crippen LogP contribution >= 0.6 is 0 Å². The maximum Gasteiger partial charge on any atom is -0.0349 e. The van der Waals surface area contributed by atoms with Gasteiger partial charge in [0.2, 0.25) is 0 Å². The summed E-state index contributed by atoms with van der Waals surface area (Å²) in [5.74, 6) is 8.00. The molecule has 4 aliphatic rings. The SMILES string of the molecule is CC1CC2C3CCCCC3C3CCCCC3C2C1. The Balaban J connectivity index is 1.65. The fourth-order valence-electron chi connectivity index (χ4n) is 6.86. The molecule has 102 valence electrons. The summed E-state index contributed by atoms with van der Waals surface area (Å²) in [6.45, 7) is 2.54. The molecule has 4 rings (SSSR count). The van der Waals surface area contributed by atoms with Crippen molar-refractivity contribution in [2.45, 2.75) is 71.1 Å². The molecule has 0 aromatic heterocycles. The molecule has 0 heterocycles. The number of hydrogen-bond donors (Lipinski definition) is 0. The normalized spacial score (nSPS) is 55.5. The van der Waals surface area contributed by atoms with Gasteiger partial charge in [-0.05, 0) is 80.0 Å². The quantitative estimate of drug-likeness (QED) is 0.546. The van der Waals surface area contributed by atoms with Crippen molar-refractivity contribution in [2.24, 2.45) is 41.4 Å². The zero-order valence-corrected chi connectivity index (χ0v) is 12.1. The van der Waals surface area contributed by atoms with Crippen LogP contribution in [0.5, 0.6) is 0 Å². The van der Waals surface area contributed by atoms with E-state index in [1.54, 1.807) is 64.2 Å². The van der Waals surface area contributed by atoms with Gasteiger partial charge in [-0.2, -0.15) is 0 Å². The summed E-state index contributed by atoms with van der Waals surface area (Å²) >= 11 is 0. The van der Waals surface area contributed by atoms with Gasteiger partial charge in [-0.3, -0.25) is 0 Å². The molecule has 0 aliphatic heterocycles. The molecule has 4 saturated carbocycles. The molecule has 0 nitrogen and oxygen atoms in total. The van der Waals surface area contributed by atoms with E-state index >= 15 is 0 Å². The minimum Gasteiger partial charge on any atom is -0.0625 e. The lowest BCUT2D eigenvalue weighted by atomic mass is 9.51. The molecule has 18 heavy (non-hydrogen) atoms. The van der Waals surface area contributed by atoms with E-state index in [0.29, 0.717) is 0 Å². The van der Waals surface area contributed by atoms with Crippen molar-refractivity contribution in [1.82, 2.24) is 0 Å². The average Bonchev–Trinajstić information content (AvgIpc) is 2.81. The van der Waals surface area contributed by atoms with Gasteiger partial charge in [0.1, 0.15) is 0 Å². The maximum absolute atomic E-state index is 2.54. The third kappa shape index (κ3) is 1.70. The van der Waals surface area contributed by atoms with Crippen LogP contribution in [0.25, 0.3) is 0 Å². The highest BCUT2D eigenvalue weighted by Crippen LogP contribution is 2.61. The fourth-order valence-corrected chi connectivity index (χ4v) is 6.86.